The molecule has 104 valence electrons. The molecular weight excluding hydrogens is 246 g/mol. The third kappa shape index (κ3) is 3.61. The molecule has 1 unspecified atom stereocenters. The number of amidine groups is 1. The molecule has 4 N–H and O–H groups in total. The van der Waals surface area contributed by atoms with Gasteiger partial charge in [0.1, 0.15) is 5.75 Å². The first-order valence-electron chi connectivity index (χ1n) is 5.96. The zero-order valence-electron chi connectivity index (χ0n) is 11.3. The minimum absolute atomic E-state index is 0.0255. The highest BCUT2D eigenvalue weighted by atomic mass is 16.5. The van der Waals surface area contributed by atoms with Crippen LogP contribution < -0.4 is 15.8 Å². The Bertz CT molecular complexity index is 486. The molecule has 1 aromatic rings. The van der Waals surface area contributed by atoms with Crippen molar-refractivity contribution >= 4 is 11.7 Å². The van der Waals surface area contributed by atoms with E-state index in [9.17, 15) is 4.79 Å². The smallest absolute Gasteiger partial charge is 0.255 e. The van der Waals surface area contributed by atoms with Gasteiger partial charge in [0.25, 0.3) is 5.91 Å². The molecule has 0 radical (unpaired) electrons. The SMILES string of the molecule is CCC(NC(=O)c1cc(C)ccc1OC)C(N)=NO. The molecule has 1 amide bonds. The molecule has 0 bridgehead atoms. The lowest BCUT2D eigenvalue weighted by Crippen LogP contribution is -2.44. The van der Waals surface area contributed by atoms with Crippen LogP contribution in [0.5, 0.6) is 5.75 Å². The van der Waals surface area contributed by atoms with Crippen molar-refractivity contribution in [1.29, 1.82) is 0 Å². The molecule has 1 rings (SSSR count). The van der Waals surface area contributed by atoms with Gasteiger partial charge in [-0.2, -0.15) is 0 Å². The van der Waals surface area contributed by atoms with E-state index in [1.165, 1.54) is 7.11 Å². The number of benzene rings is 1. The Morgan fingerprint density at radius 1 is 1.58 bits per heavy atom. The van der Waals surface area contributed by atoms with Crippen molar-refractivity contribution < 1.29 is 14.7 Å². The fraction of sp³-hybridized carbons (Fsp3) is 0.385. The van der Waals surface area contributed by atoms with Crippen molar-refractivity contribution in [2.24, 2.45) is 10.9 Å². The number of carbonyl (C=O) groups excluding carboxylic acids is 1. The molecule has 0 aliphatic heterocycles. The first-order valence-corrected chi connectivity index (χ1v) is 5.96. The van der Waals surface area contributed by atoms with Crippen LogP contribution in [0.2, 0.25) is 0 Å². The van der Waals surface area contributed by atoms with E-state index in [1.54, 1.807) is 12.1 Å². The van der Waals surface area contributed by atoms with Gasteiger partial charge in [-0.15, -0.1) is 0 Å². The minimum atomic E-state index is -0.511. The minimum Gasteiger partial charge on any atom is -0.496 e. The van der Waals surface area contributed by atoms with Crippen molar-refractivity contribution in [3.63, 3.8) is 0 Å². The summed E-state index contributed by atoms with van der Waals surface area (Å²) >= 11 is 0. The highest BCUT2D eigenvalue weighted by molar-refractivity contribution is 6.00. The van der Waals surface area contributed by atoms with Crippen LogP contribution in [0.15, 0.2) is 23.4 Å². The van der Waals surface area contributed by atoms with Crippen molar-refractivity contribution in [2.75, 3.05) is 7.11 Å². The largest absolute Gasteiger partial charge is 0.496 e. The lowest BCUT2D eigenvalue weighted by atomic mass is 10.1. The van der Waals surface area contributed by atoms with E-state index < -0.39 is 6.04 Å². The highest BCUT2D eigenvalue weighted by Gasteiger charge is 2.18. The number of oxime groups is 1. The molecule has 0 aliphatic rings. The first kappa shape index (κ1) is 14.8. The molecule has 0 saturated carbocycles. The second kappa shape index (κ2) is 6.63. The average Bonchev–Trinajstić information content (AvgIpc) is 2.43. The number of ether oxygens (including phenoxy) is 1. The van der Waals surface area contributed by atoms with Gasteiger partial charge in [-0.05, 0) is 25.5 Å². The molecule has 0 spiro atoms. The summed E-state index contributed by atoms with van der Waals surface area (Å²) < 4.78 is 5.15. The van der Waals surface area contributed by atoms with Crippen LogP contribution in [0.1, 0.15) is 29.3 Å². The maximum atomic E-state index is 12.2. The Hall–Kier alpha value is -2.24. The highest BCUT2D eigenvalue weighted by Crippen LogP contribution is 2.19. The van der Waals surface area contributed by atoms with Gasteiger partial charge in [0, 0.05) is 0 Å². The normalized spacial score (nSPS) is 12.9. The third-order valence-electron chi connectivity index (χ3n) is 2.79. The number of nitrogens with zero attached hydrogens (tertiary/aromatic N) is 1. The summed E-state index contributed by atoms with van der Waals surface area (Å²) in [5.41, 5.74) is 6.88. The van der Waals surface area contributed by atoms with E-state index in [0.717, 1.165) is 5.56 Å². The summed E-state index contributed by atoms with van der Waals surface area (Å²) in [4.78, 5) is 12.2. The van der Waals surface area contributed by atoms with Gasteiger partial charge in [-0.1, -0.05) is 23.7 Å². The van der Waals surface area contributed by atoms with Gasteiger partial charge in [0.2, 0.25) is 0 Å². The van der Waals surface area contributed by atoms with Crippen molar-refractivity contribution in [3.05, 3.63) is 29.3 Å². The van der Waals surface area contributed by atoms with Crippen molar-refractivity contribution in [1.82, 2.24) is 5.32 Å². The molecule has 0 heterocycles. The molecule has 0 fully saturated rings. The number of nitrogens with two attached hydrogens (primary N) is 1. The molecule has 19 heavy (non-hydrogen) atoms. The van der Waals surface area contributed by atoms with Gasteiger partial charge < -0.3 is 21.0 Å². The van der Waals surface area contributed by atoms with E-state index in [4.69, 9.17) is 15.7 Å². The van der Waals surface area contributed by atoms with Crippen LogP contribution in [0.25, 0.3) is 0 Å². The lowest BCUT2D eigenvalue weighted by molar-refractivity contribution is 0.0942. The summed E-state index contributed by atoms with van der Waals surface area (Å²) in [5, 5.41) is 14.3. The lowest BCUT2D eigenvalue weighted by Gasteiger charge is -2.16. The molecule has 6 heteroatoms. The molecule has 0 saturated heterocycles. The van der Waals surface area contributed by atoms with Gasteiger partial charge in [-0.25, -0.2) is 0 Å². The molecule has 0 aromatic heterocycles. The quantitative estimate of drug-likeness (QED) is 0.323. The second-order valence-electron chi connectivity index (χ2n) is 4.16. The zero-order valence-corrected chi connectivity index (χ0v) is 11.3. The number of hydrogen-bond donors (Lipinski definition) is 3. The van der Waals surface area contributed by atoms with Gasteiger partial charge >= 0.3 is 0 Å². The summed E-state index contributed by atoms with van der Waals surface area (Å²) in [5.74, 6) is 0.138. The van der Waals surface area contributed by atoms with E-state index in [2.05, 4.69) is 10.5 Å². The number of methoxy groups -OCH3 is 1. The van der Waals surface area contributed by atoms with Crippen LogP contribution in [0, 0.1) is 6.92 Å². The average molecular weight is 265 g/mol. The van der Waals surface area contributed by atoms with Crippen molar-refractivity contribution in [2.45, 2.75) is 26.3 Å². The number of hydrogen-bond acceptors (Lipinski definition) is 4. The van der Waals surface area contributed by atoms with Crippen LogP contribution >= 0.6 is 0 Å². The molecular formula is C13H19N3O3. The predicted octanol–water partition coefficient (Wildman–Crippen LogP) is 1.26. The number of aryl methyl sites for hydroxylation is 1. The standard InChI is InChI=1S/C13H19N3O3/c1-4-10(12(14)16-18)15-13(17)9-7-8(2)5-6-11(9)19-3/h5-7,10,18H,4H2,1-3H3,(H2,14,16)(H,15,17). The summed E-state index contributed by atoms with van der Waals surface area (Å²) in [6.07, 6.45) is 0.524. The van der Waals surface area contributed by atoms with Crippen LogP contribution in [-0.4, -0.2) is 30.1 Å². The fourth-order valence-electron chi connectivity index (χ4n) is 1.69. The second-order valence-corrected chi connectivity index (χ2v) is 4.16. The van der Waals surface area contributed by atoms with E-state index in [1.807, 2.05) is 19.9 Å². The van der Waals surface area contributed by atoms with E-state index in [0.29, 0.717) is 17.7 Å². The topological polar surface area (TPSA) is 96.9 Å². The number of rotatable bonds is 5. The van der Waals surface area contributed by atoms with Gasteiger partial charge in [0.15, 0.2) is 5.84 Å². The number of nitrogens with one attached hydrogen (secondary N) is 1. The van der Waals surface area contributed by atoms with Crippen LogP contribution in [0.3, 0.4) is 0 Å². The summed E-state index contributed by atoms with van der Waals surface area (Å²) in [6.45, 7) is 3.72. The van der Waals surface area contributed by atoms with Gasteiger partial charge in [-0.3, -0.25) is 4.79 Å². The van der Waals surface area contributed by atoms with Crippen LogP contribution in [-0.2, 0) is 0 Å². The number of carbonyl (C=O) groups is 1. The fourth-order valence-corrected chi connectivity index (χ4v) is 1.69. The molecule has 0 aliphatic carbocycles. The Morgan fingerprint density at radius 2 is 2.26 bits per heavy atom. The molecule has 1 atom stereocenters. The zero-order chi connectivity index (χ0) is 14.4. The number of amides is 1. The first-order chi connectivity index (χ1) is 9.03. The van der Waals surface area contributed by atoms with E-state index in [-0.39, 0.29) is 11.7 Å². The summed E-state index contributed by atoms with van der Waals surface area (Å²) in [7, 11) is 1.50. The Morgan fingerprint density at radius 3 is 2.79 bits per heavy atom. The Kier molecular flexibility index (Phi) is 5.17. The van der Waals surface area contributed by atoms with Crippen LogP contribution in [0.4, 0.5) is 0 Å². The summed E-state index contributed by atoms with van der Waals surface area (Å²) in [6, 6.07) is 4.81. The molecule has 6 nitrogen and oxygen atoms in total. The predicted molar refractivity (Wildman–Crippen MR) is 72.7 cm³/mol. The van der Waals surface area contributed by atoms with E-state index >= 15 is 0 Å². The maximum absolute atomic E-state index is 12.2. The Labute approximate surface area is 112 Å². The Balaban J connectivity index is 2.97. The van der Waals surface area contributed by atoms with Gasteiger partial charge in [0.05, 0.1) is 18.7 Å². The van der Waals surface area contributed by atoms with Crippen molar-refractivity contribution in [3.8, 4) is 5.75 Å². The monoisotopic (exact) mass is 265 g/mol. The third-order valence-corrected chi connectivity index (χ3v) is 2.79. The maximum Gasteiger partial charge on any atom is 0.255 e. The molecule has 1 aromatic carbocycles.